The maximum absolute atomic E-state index is 8.96. The van der Waals surface area contributed by atoms with Gasteiger partial charge in [0.2, 0.25) is 0 Å². The lowest BCUT2D eigenvalue weighted by atomic mass is 10.2. The van der Waals surface area contributed by atoms with Crippen molar-refractivity contribution in [3.63, 3.8) is 0 Å². The minimum Gasteiger partial charge on any atom is -0.396 e. The number of alkyl halides is 1. The largest absolute Gasteiger partial charge is 0.396 e. The average Bonchev–Trinajstić information content (AvgIpc) is 2.55. The molecule has 0 spiro atoms. The Morgan fingerprint density at radius 2 is 1.28 bits per heavy atom. The van der Waals surface area contributed by atoms with Gasteiger partial charge in [-0.2, -0.15) is 0 Å². The van der Waals surface area contributed by atoms with Crippen LogP contribution in [0.3, 0.4) is 0 Å². The molecule has 0 aromatic heterocycles. The van der Waals surface area contributed by atoms with Crippen LogP contribution in [0.25, 0.3) is 0 Å². The summed E-state index contributed by atoms with van der Waals surface area (Å²) in [6.07, 6.45) is -4.40. The number of halogens is 1. The number of aryl methyl sites for hydroxylation is 2. The maximum atomic E-state index is 8.96. The fourth-order valence-electron chi connectivity index (χ4n) is 1.16. The maximum Gasteiger partial charge on any atom is 0.0567 e. The Labute approximate surface area is 129 Å². The molecule has 0 fully saturated rings. The molecule has 96 valence electrons. The van der Waals surface area contributed by atoms with E-state index in [1.54, 1.807) is 48.5 Å². The topological polar surface area (TPSA) is 20.2 Å². The SMILES string of the molecule is [2H]C([2H])(Br)C([2H])([2H])c1ccccc1.[2H]C([2H])(O)C([2H])([2H])c1ccccc1. The number of hydrogen-bond acceptors (Lipinski definition) is 1. The molecule has 0 amide bonds. The smallest absolute Gasteiger partial charge is 0.0567 e. The molecule has 0 aliphatic carbocycles. The van der Waals surface area contributed by atoms with Gasteiger partial charge in [0.1, 0.15) is 0 Å². The Balaban J connectivity index is 0.000000260. The van der Waals surface area contributed by atoms with Crippen molar-refractivity contribution in [3.8, 4) is 0 Å². The molecule has 2 aromatic carbocycles. The van der Waals surface area contributed by atoms with E-state index in [1.807, 2.05) is 0 Å². The first-order chi connectivity index (χ1) is 11.7. The van der Waals surface area contributed by atoms with E-state index in [2.05, 4.69) is 15.9 Å². The van der Waals surface area contributed by atoms with Crippen LogP contribution in [0.2, 0.25) is 0 Å². The molecule has 0 heterocycles. The fourth-order valence-corrected chi connectivity index (χ4v) is 1.39. The van der Waals surface area contributed by atoms with Crippen LogP contribution in [0.15, 0.2) is 60.7 Å². The Bertz CT molecular complexity index is 619. The van der Waals surface area contributed by atoms with E-state index in [-0.39, 0.29) is 5.56 Å². The summed E-state index contributed by atoms with van der Waals surface area (Å²) in [5.74, 6) is 0. The summed E-state index contributed by atoms with van der Waals surface area (Å²) in [4.78, 5) is 0. The van der Waals surface area contributed by atoms with E-state index in [0.29, 0.717) is 5.56 Å². The molecule has 18 heavy (non-hydrogen) atoms. The predicted octanol–water partition coefficient (Wildman–Crippen LogP) is 3.85. The van der Waals surface area contributed by atoms with Gasteiger partial charge in [-0.3, -0.25) is 0 Å². The molecule has 0 radical (unpaired) electrons. The molecule has 2 rings (SSSR count). The number of rotatable bonds is 4. The van der Waals surface area contributed by atoms with Crippen molar-refractivity contribution in [1.29, 1.82) is 0 Å². The molecule has 1 nitrogen and oxygen atoms in total. The van der Waals surface area contributed by atoms with Gasteiger partial charge in [0.15, 0.2) is 0 Å². The van der Waals surface area contributed by atoms with Gasteiger partial charge in [0.25, 0.3) is 0 Å². The summed E-state index contributed by atoms with van der Waals surface area (Å²) in [6.45, 7) is -2.87. The van der Waals surface area contributed by atoms with Gasteiger partial charge in [-0.05, 0) is 23.9 Å². The van der Waals surface area contributed by atoms with Crippen LogP contribution < -0.4 is 0 Å². The number of aliphatic hydroxyl groups is 1. The zero-order chi connectivity index (χ0) is 20.2. The lowest BCUT2D eigenvalue weighted by molar-refractivity contribution is 0.299. The van der Waals surface area contributed by atoms with Crippen molar-refractivity contribution < 1.29 is 16.1 Å². The lowest BCUT2D eigenvalue weighted by Crippen LogP contribution is -1.88. The summed E-state index contributed by atoms with van der Waals surface area (Å²) < 4.78 is 58.2. The van der Waals surface area contributed by atoms with Gasteiger partial charge in [0, 0.05) is 20.1 Å². The third-order valence-corrected chi connectivity index (χ3v) is 2.14. The third kappa shape index (κ3) is 6.58. The summed E-state index contributed by atoms with van der Waals surface area (Å²) in [6, 6.07) is 16.0. The molecular weight excluding hydrogens is 288 g/mol. The first-order valence-corrected chi connectivity index (χ1v) is 6.03. The van der Waals surface area contributed by atoms with Gasteiger partial charge < -0.3 is 5.11 Å². The summed E-state index contributed by atoms with van der Waals surface area (Å²) in [7, 11) is 0. The van der Waals surface area contributed by atoms with Crippen LogP contribution >= 0.6 is 15.9 Å². The van der Waals surface area contributed by atoms with E-state index < -0.39 is 24.6 Å². The zero-order valence-electron chi connectivity index (χ0n) is 17.6. The minimum atomic E-state index is -2.87. The second kappa shape index (κ2) is 9.86. The number of hydrogen-bond donors (Lipinski definition) is 1. The van der Waals surface area contributed by atoms with Gasteiger partial charge in [-0.1, -0.05) is 76.6 Å². The summed E-state index contributed by atoms with van der Waals surface area (Å²) in [5.41, 5.74) is 0.458. The van der Waals surface area contributed by atoms with Crippen molar-refractivity contribution in [2.24, 2.45) is 0 Å². The van der Waals surface area contributed by atoms with Gasteiger partial charge in [0.05, 0.1) is 2.74 Å². The molecule has 0 aliphatic rings. The Kier molecular flexibility index (Phi) is 3.77. The van der Waals surface area contributed by atoms with Gasteiger partial charge in [-0.25, -0.2) is 0 Å². The second-order valence-corrected chi connectivity index (χ2v) is 3.58. The highest BCUT2D eigenvalue weighted by molar-refractivity contribution is 9.09. The molecule has 0 atom stereocenters. The summed E-state index contributed by atoms with van der Waals surface area (Å²) in [5, 5.41) is 6.90. The van der Waals surface area contributed by atoms with E-state index in [0.717, 1.165) is 0 Å². The molecule has 0 aliphatic heterocycles. The first-order valence-electron chi connectivity index (χ1n) is 9.23. The van der Waals surface area contributed by atoms with E-state index in [9.17, 15) is 0 Å². The molecule has 0 saturated carbocycles. The molecule has 0 bridgehead atoms. The highest BCUT2D eigenvalue weighted by Gasteiger charge is 1.86. The van der Waals surface area contributed by atoms with Gasteiger partial charge >= 0.3 is 0 Å². The van der Waals surface area contributed by atoms with Crippen LogP contribution in [0.5, 0.6) is 0 Å². The van der Waals surface area contributed by atoms with E-state index in [4.69, 9.17) is 16.1 Å². The van der Waals surface area contributed by atoms with Crippen molar-refractivity contribution >= 4 is 15.9 Å². The Hall–Kier alpha value is -1.12. The molecule has 2 aromatic rings. The van der Waals surface area contributed by atoms with E-state index in [1.165, 1.54) is 12.1 Å². The molecular formula is C16H19BrO. The van der Waals surface area contributed by atoms with E-state index >= 15 is 0 Å². The van der Waals surface area contributed by atoms with Crippen LogP contribution in [0, 0.1) is 0 Å². The predicted molar refractivity (Wildman–Crippen MR) is 81.2 cm³/mol. The minimum absolute atomic E-state index is 0.127. The normalized spacial score (nSPS) is 19.2. The lowest BCUT2D eigenvalue weighted by Gasteiger charge is -1.93. The van der Waals surface area contributed by atoms with Crippen molar-refractivity contribution in [2.45, 2.75) is 12.7 Å². The van der Waals surface area contributed by atoms with Crippen LogP contribution in [0.1, 0.15) is 22.1 Å². The monoisotopic (exact) mass is 314 g/mol. The average molecular weight is 315 g/mol. The molecule has 2 heteroatoms. The van der Waals surface area contributed by atoms with Crippen molar-refractivity contribution in [3.05, 3.63) is 71.8 Å². The Morgan fingerprint density at radius 3 is 1.67 bits per heavy atom. The second-order valence-electron chi connectivity index (χ2n) is 3.19. The van der Waals surface area contributed by atoms with Crippen LogP contribution in [-0.2, 0) is 12.7 Å². The van der Waals surface area contributed by atoms with Crippen LogP contribution in [-0.4, -0.2) is 16.9 Å². The standard InChI is InChI=1S/C8H9Br.C8H10O/c2*9-7-6-8-4-2-1-3-5-8/h1-5H,6-7H2;1-5,9H,6-7H2/i2*6D2,7D2. The molecule has 0 unspecified atom stereocenters. The third-order valence-electron chi connectivity index (χ3n) is 1.94. The summed E-state index contributed by atoms with van der Waals surface area (Å²) >= 11 is 2.70. The van der Waals surface area contributed by atoms with Crippen LogP contribution in [0.4, 0.5) is 0 Å². The quantitative estimate of drug-likeness (QED) is 0.850. The Morgan fingerprint density at radius 1 is 0.833 bits per heavy atom. The first kappa shape index (κ1) is 6.88. The highest BCUT2D eigenvalue weighted by Crippen LogP contribution is 2.00. The zero-order valence-corrected chi connectivity index (χ0v) is 11.2. The highest BCUT2D eigenvalue weighted by atomic mass is 79.9. The molecule has 0 saturated heterocycles. The van der Waals surface area contributed by atoms with Gasteiger partial charge in [-0.15, -0.1) is 0 Å². The fraction of sp³-hybridized carbons (Fsp3) is 0.250. The van der Waals surface area contributed by atoms with Crippen molar-refractivity contribution in [2.75, 3.05) is 11.8 Å². The number of benzene rings is 2. The molecule has 1 N–H and O–H groups in total. The van der Waals surface area contributed by atoms with Crippen molar-refractivity contribution in [1.82, 2.24) is 0 Å².